The van der Waals surface area contributed by atoms with E-state index >= 15 is 0 Å². The standard InChI is InChI=1S/C19H17FN2O4/c1-10-14-9-13(25-3)5-7-17(14)26-18(10)19(24)22-12-4-6-15(20)16(8-12)21-11(2)23/h4-9H,1-3H3,(H,21,23)(H,22,24). The summed E-state index contributed by atoms with van der Waals surface area (Å²) in [5.74, 6) is -0.664. The van der Waals surface area contributed by atoms with Gasteiger partial charge in [0.2, 0.25) is 5.91 Å². The summed E-state index contributed by atoms with van der Waals surface area (Å²) in [7, 11) is 1.56. The fourth-order valence-corrected chi connectivity index (χ4v) is 2.62. The van der Waals surface area contributed by atoms with Gasteiger partial charge in [-0.1, -0.05) is 0 Å². The van der Waals surface area contributed by atoms with Crippen molar-refractivity contribution in [2.24, 2.45) is 0 Å². The molecule has 7 heteroatoms. The molecule has 0 spiro atoms. The second-order valence-electron chi connectivity index (χ2n) is 5.75. The Kier molecular flexibility index (Phi) is 4.62. The van der Waals surface area contributed by atoms with Crippen molar-refractivity contribution in [3.05, 3.63) is 53.5 Å². The molecule has 0 atom stereocenters. The second-order valence-corrected chi connectivity index (χ2v) is 5.75. The first kappa shape index (κ1) is 17.5. The van der Waals surface area contributed by atoms with Crippen LogP contribution in [0, 0.1) is 12.7 Å². The number of aryl methyl sites for hydroxylation is 1. The van der Waals surface area contributed by atoms with Gasteiger partial charge in [-0.15, -0.1) is 0 Å². The van der Waals surface area contributed by atoms with E-state index in [1.165, 1.54) is 19.1 Å². The summed E-state index contributed by atoms with van der Waals surface area (Å²) in [6, 6.07) is 9.17. The van der Waals surface area contributed by atoms with Crippen LogP contribution in [0.5, 0.6) is 5.75 Å². The van der Waals surface area contributed by atoms with E-state index in [1.54, 1.807) is 32.2 Å². The first-order valence-corrected chi connectivity index (χ1v) is 7.84. The molecule has 6 nitrogen and oxygen atoms in total. The van der Waals surface area contributed by atoms with Gasteiger partial charge in [-0.3, -0.25) is 9.59 Å². The van der Waals surface area contributed by atoms with E-state index in [0.29, 0.717) is 22.6 Å². The molecule has 2 aromatic carbocycles. The van der Waals surface area contributed by atoms with Crippen LogP contribution in [0.1, 0.15) is 23.0 Å². The molecular formula is C19H17FN2O4. The zero-order valence-corrected chi connectivity index (χ0v) is 14.5. The predicted octanol–water partition coefficient (Wildman–Crippen LogP) is 4.10. The van der Waals surface area contributed by atoms with Gasteiger partial charge in [0.15, 0.2) is 5.76 Å². The van der Waals surface area contributed by atoms with Crippen LogP contribution in [0.15, 0.2) is 40.8 Å². The molecule has 3 rings (SSSR count). The van der Waals surface area contributed by atoms with Gasteiger partial charge in [-0.05, 0) is 43.3 Å². The van der Waals surface area contributed by atoms with Crippen LogP contribution in [0.4, 0.5) is 15.8 Å². The van der Waals surface area contributed by atoms with Crippen molar-refractivity contribution in [1.29, 1.82) is 0 Å². The summed E-state index contributed by atoms with van der Waals surface area (Å²) < 4.78 is 24.5. The van der Waals surface area contributed by atoms with Crippen molar-refractivity contribution < 1.29 is 23.1 Å². The smallest absolute Gasteiger partial charge is 0.291 e. The number of halogens is 1. The quantitative estimate of drug-likeness (QED) is 0.737. The third kappa shape index (κ3) is 3.37. The minimum absolute atomic E-state index is 0.0126. The Morgan fingerprint density at radius 3 is 2.58 bits per heavy atom. The number of amides is 2. The van der Waals surface area contributed by atoms with Gasteiger partial charge < -0.3 is 19.8 Å². The highest BCUT2D eigenvalue weighted by Gasteiger charge is 2.19. The third-order valence-electron chi connectivity index (χ3n) is 3.88. The van der Waals surface area contributed by atoms with Crippen LogP contribution < -0.4 is 15.4 Å². The molecule has 0 aliphatic heterocycles. The van der Waals surface area contributed by atoms with Crippen molar-refractivity contribution >= 4 is 34.2 Å². The highest BCUT2D eigenvalue weighted by molar-refractivity contribution is 6.06. The van der Waals surface area contributed by atoms with E-state index < -0.39 is 17.6 Å². The predicted molar refractivity (Wildman–Crippen MR) is 96.2 cm³/mol. The molecular weight excluding hydrogens is 339 g/mol. The number of hydrogen-bond acceptors (Lipinski definition) is 4. The van der Waals surface area contributed by atoms with E-state index in [2.05, 4.69) is 10.6 Å². The summed E-state index contributed by atoms with van der Waals surface area (Å²) in [6.07, 6.45) is 0. The van der Waals surface area contributed by atoms with Crippen molar-refractivity contribution in [2.45, 2.75) is 13.8 Å². The van der Waals surface area contributed by atoms with Gasteiger partial charge in [0, 0.05) is 23.6 Å². The number of carbonyl (C=O) groups excluding carboxylic acids is 2. The fourth-order valence-electron chi connectivity index (χ4n) is 2.62. The van der Waals surface area contributed by atoms with Gasteiger partial charge in [-0.25, -0.2) is 4.39 Å². The molecule has 26 heavy (non-hydrogen) atoms. The molecule has 1 aromatic heterocycles. The van der Waals surface area contributed by atoms with Crippen molar-refractivity contribution in [3.63, 3.8) is 0 Å². The van der Waals surface area contributed by atoms with Gasteiger partial charge in [0.05, 0.1) is 12.8 Å². The Morgan fingerprint density at radius 1 is 1.12 bits per heavy atom. The number of carbonyl (C=O) groups is 2. The number of fused-ring (bicyclic) bond motifs is 1. The molecule has 0 saturated carbocycles. The lowest BCUT2D eigenvalue weighted by Gasteiger charge is -2.08. The van der Waals surface area contributed by atoms with E-state index in [0.717, 1.165) is 11.5 Å². The molecule has 0 bridgehead atoms. The molecule has 2 N–H and O–H groups in total. The van der Waals surface area contributed by atoms with E-state index in [4.69, 9.17) is 9.15 Å². The summed E-state index contributed by atoms with van der Waals surface area (Å²) in [5, 5.41) is 5.79. The molecule has 0 aliphatic carbocycles. The van der Waals surface area contributed by atoms with Crippen molar-refractivity contribution in [1.82, 2.24) is 0 Å². The number of methoxy groups -OCH3 is 1. The zero-order chi connectivity index (χ0) is 18.8. The molecule has 3 aromatic rings. The molecule has 0 radical (unpaired) electrons. The van der Waals surface area contributed by atoms with Crippen molar-refractivity contribution in [2.75, 3.05) is 17.7 Å². The Bertz CT molecular complexity index is 1010. The first-order valence-electron chi connectivity index (χ1n) is 7.84. The summed E-state index contributed by atoms with van der Waals surface area (Å²) in [5.41, 5.74) is 1.55. The SMILES string of the molecule is COc1ccc2oc(C(=O)Nc3ccc(F)c(NC(C)=O)c3)c(C)c2c1. The topological polar surface area (TPSA) is 80.6 Å². The number of nitrogens with one attached hydrogen (secondary N) is 2. The zero-order valence-electron chi connectivity index (χ0n) is 14.5. The molecule has 0 fully saturated rings. The van der Waals surface area contributed by atoms with Crippen molar-refractivity contribution in [3.8, 4) is 5.75 Å². The lowest BCUT2D eigenvalue weighted by atomic mass is 10.1. The maximum atomic E-state index is 13.7. The number of anilines is 2. The van der Waals surface area contributed by atoms with Gasteiger partial charge in [0.1, 0.15) is 17.1 Å². The molecule has 0 aliphatic rings. The van der Waals surface area contributed by atoms with E-state index in [1.807, 2.05) is 0 Å². The number of furan rings is 1. The van der Waals surface area contributed by atoms with Crippen LogP contribution in [0.2, 0.25) is 0 Å². The molecule has 1 heterocycles. The Labute approximate surface area is 148 Å². The number of ether oxygens (including phenoxy) is 1. The number of hydrogen-bond donors (Lipinski definition) is 2. The maximum absolute atomic E-state index is 13.7. The van der Waals surface area contributed by atoms with Crippen LogP contribution in [-0.2, 0) is 4.79 Å². The highest BCUT2D eigenvalue weighted by Crippen LogP contribution is 2.29. The van der Waals surface area contributed by atoms with Crippen LogP contribution in [0.3, 0.4) is 0 Å². The first-order chi connectivity index (χ1) is 12.4. The van der Waals surface area contributed by atoms with Gasteiger partial charge >= 0.3 is 0 Å². The molecule has 134 valence electrons. The highest BCUT2D eigenvalue weighted by atomic mass is 19.1. The minimum Gasteiger partial charge on any atom is -0.497 e. The lowest BCUT2D eigenvalue weighted by molar-refractivity contribution is -0.114. The summed E-state index contributed by atoms with van der Waals surface area (Å²) in [6.45, 7) is 3.05. The molecule has 0 saturated heterocycles. The average molecular weight is 356 g/mol. The summed E-state index contributed by atoms with van der Waals surface area (Å²) in [4.78, 5) is 23.7. The molecule has 2 amide bonds. The Hall–Kier alpha value is -3.35. The van der Waals surface area contributed by atoms with Crippen LogP contribution in [-0.4, -0.2) is 18.9 Å². The molecule has 0 unspecified atom stereocenters. The normalized spacial score (nSPS) is 10.6. The van der Waals surface area contributed by atoms with Gasteiger partial charge in [0.25, 0.3) is 5.91 Å². The Balaban J connectivity index is 1.90. The lowest BCUT2D eigenvalue weighted by Crippen LogP contribution is -2.13. The van der Waals surface area contributed by atoms with Crippen LogP contribution in [0.25, 0.3) is 11.0 Å². The summed E-state index contributed by atoms with van der Waals surface area (Å²) >= 11 is 0. The number of rotatable bonds is 4. The second kappa shape index (κ2) is 6.87. The number of benzene rings is 2. The fraction of sp³-hybridized carbons (Fsp3) is 0.158. The maximum Gasteiger partial charge on any atom is 0.291 e. The largest absolute Gasteiger partial charge is 0.497 e. The monoisotopic (exact) mass is 356 g/mol. The van der Waals surface area contributed by atoms with E-state index in [9.17, 15) is 14.0 Å². The Morgan fingerprint density at radius 2 is 1.88 bits per heavy atom. The van der Waals surface area contributed by atoms with Crippen LogP contribution >= 0.6 is 0 Å². The van der Waals surface area contributed by atoms with E-state index in [-0.39, 0.29) is 11.4 Å². The minimum atomic E-state index is -0.592. The third-order valence-corrected chi connectivity index (χ3v) is 3.88. The van der Waals surface area contributed by atoms with Gasteiger partial charge in [-0.2, -0.15) is 0 Å². The average Bonchev–Trinajstić information content (AvgIpc) is 2.94.